The number of halogens is 1. The summed E-state index contributed by atoms with van der Waals surface area (Å²) in [4.78, 5) is 12.8. The Labute approximate surface area is 101 Å². The summed E-state index contributed by atoms with van der Waals surface area (Å²) in [5.41, 5.74) is -0.445. The van der Waals surface area contributed by atoms with E-state index in [4.69, 9.17) is 9.47 Å². The van der Waals surface area contributed by atoms with Gasteiger partial charge in [-0.3, -0.25) is 4.79 Å². The molecule has 0 bridgehead atoms. The topological polar surface area (TPSA) is 35.5 Å². The molecule has 0 spiro atoms. The summed E-state index contributed by atoms with van der Waals surface area (Å²) in [5.74, 6) is -0.168. The molecule has 82 valence electrons. The smallest absolute Gasteiger partial charge is 0.316 e. The van der Waals surface area contributed by atoms with Gasteiger partial charge in [0.15, 0.2) is 0 Å². The van der Waals surface area contributed by atoms with Crippen LogP contribution in [0.25, 0.3) is 0 Å². The molecule has 1 aliphatic rings. The van der Waals surface area contributed by atoms with E-state index in [0.717, 1.165) is 4.47 Å². The van der Waals surface area contributed by atoms with Crippen LogP contribution in [-0.2, 0) is 20.7 Å². The molecule has 0 aliphatic carbocycles. The zero-order valence-corrected chi connectivity index (χ0v) is 10.7. The molecule has 2 heterocycles. The maximum Gasteiger partial charge on any atom is 0.316 e. The van der Waals surface area contributed by atoms with Crippen molar-refractivity contribution in [1.82, 2.24) is 0 Å². The van der Waals surface area contributed by atoms with Crippen LogP contribution in [0.15, 0.2) is 15.9 Å². The maximum atomic E-state index is 11.6. The first-order valence-electron chi connectivity index (χ1n) is 4.55. The second-order valence-corrected chi connectivity index (χ2v) is 5.58. The van der Waals surface area contributed by atoms with Gasteiger partial charge in [-0.1, -0.05) is 0 Å². The van der Waals surface area contributed by atoms with E-state index in [-0.39, 0.29) is 5.97 Å². The summed E-state index contributed by atoms with van der Waals surface area (Å²) in [6, 6.07) is 2.04. The molecule has 5 heteroatoms. The number of esters is 1. The van der Waals surface area contributed by atoms with Crippen molar-refractivity contribution in [2.75, 3.05) is 20.3 Å². The highest BCUT2D eigenvalue weighted by Gasteiger charge is 2.47. The molecule has 1 fully saturated rings. The minimum Gasteiger partial charge on any atom is -0.468 e. The van der Waals surface area contributed by atoms with E-state index in [0.29, 0.717) is 19.6 Å². The van der Waals surface area contributed by atoms with E-state index >= 15 is 0 Å². The van der Waals surface area contributed by atoms with E-state index in [1.807, 2.05) is 11.4 Å². The minimum atomic E-state index is -0.445. The van der Waals surface area contributed by atoms with E-state index in [9.17, 15) is 4.79 Å². The summed E-state index contributed by atoms with van der Waals surface area (Å²) >= 11 is 5.04. The highest BCUT2D eigenvalue weighted by molar-refractivity contribution is 9.10. The third kappa shape index (κ3) is 2.09. The van der Waals surface area contributed by atoms with Gasteiger partial charge in [0.05, 0.1) is 20.3 Å². The molecule has 0 unspecified atom stereocenters. The van der Waals surface area contributed by atoms with Crippen molar-refractivity contribution in [1.29, 1.82) is 0 Å². The molecule has 2 rings (SSSR count). The Bertz CT molecular complexity index is 370. The van der Waals surface area contributed by atoms with E-state index in [1.165, 1.54) is 12.0 Å². The second kappa shape index (κ2) is 4.23. The molecule has 1 aliphatic heterocycles. The van der Waals surface area contributed by atoms with Gasteiger partial charge in [-0.25, -0.2) is 0 Å². The molecular formula is C10H11BrO3S. The molecule has 15 heavy (non-hydrogen) atoms. The Morgan fingerprint density at radius 2 is 2.47 bits per heavy atom. The molecule has 0 amide bonds. The van der Waals surface area contributed by atoms with Gasteiger partial charge in [-0.15, -0.1) is 11.3 Å². The van der Waals surface area contributed by atoms with Gasteiger partial charge in [0.2, 0.25) is 0 Å². The predicted molar refractivity (Wildman–Crippen MR) is 61.0 cm³/mol. The molecule has 0 N–H and O–H groups in total. The Morgan fingerprint density at radius 1 is 1.73 bits per heavy atom. The largest absolute Gasteiger partial charge is 0.468 e. The van der Waals surface area contributed by atoms with Crippen molar-refractivity contribution in [3.8, 4) is 0 Å². The van der Waals surface area contributed by atoms with Crippen LogP contribution < -0.4 is 0 Å². The average molecular weight is 291 g/mol. The zero-order valence-electron chi connectivity index (χ0n) is 8.29. The first-order valence-corrected chi connectivity index (χ1v) is 6.23. The first kappa shape index (κ1) is 11.1. The van der Waals surface area contributed by atoms with Crippen LogP contribution in [0.1, 0.15) is 4.88 Å². The van der Waals surface area contributed by atoms with Crippen molar-refractivity contribution >= 4 is 33.2 Å². The zero-order chi connectivity index (χ0) is 10.9. The Hall–Kier alpha value is -0.390. The Morgan fingerprint density at radius 3 is 2.87 bits per heavy atom. The molecule has 0 aromatic carbocycles. The molecule has 0 radical (unpaired) electrons. The van der Waals surface area contributed by atoms with Crippen molar-refractivity contribution in [2.45, 2.75) is 6.42 Å². The fraction of sp³-hybridized carbons (Fsp3) is 0.500. The van der Waals surface area contributed by atoms with Crippen LogP contribution in [0.5, 0.6) is 0 Å². The summed E-state index contributed by atoms with van der Waals surface area (Å²) in [6.07, 6.45) is 0.704. The lowest BCUT2D eigenvalue weighted by atomic mass is 9.82. The minimum absolute atomic E-state index is 0.168. The van der Waals surface area contributed by atoms with Gasteiger partial charge < -0.3 is 9.47 Å². The van der Waals surface area contributed by atoms with Crippen molar-refractivity contribution in [3.05, 3.63) is 20.8 Å². The van der Waals surface area contributed by atoms with Gasteiger partial charge in [0.25, 0.3) is 0 Å². The molecular weight excluding hydrogens is 280 g/mol. The normalized spacial score (nSPS) is 18.3. The molecule has 1 saturated heterocycles. The Kier molecular flexibility index (Phi) is 3.13. The monoisotopic (exact) mass is 290 g/mol. The van der Waals surface area contributed by atoms with Crippen LogP contribution in [0.4, 0.5) is 0 Å². The average Bonchev–Trinajstić information content (AvgIpc) is 2.56. The Balaban J connectivity index is 2.11. The lowest BCUT2D eigenvalue weighted by Crippen LogP contribution is -2.51. The quantitative estimate of drug-likeness (QED) is 0.801. The van der Waals surface area contributed by atoms with Crippen LogP contribution in [-0.4, -0.2) is 26.3 Å². The third-order valence-electron chi connectivity index (χ3n) is 2.51. The second-order valence-electron chi connectivity index (χ2n) is 3.67. The lowest BCUT2D eigenvalue weighted by molar-refractivity contribution is -0.182. The van der Waals surface area contributed by atoms with Crippen molar-refractivity contribution < 1.29 is 14.3 Å². The highest BCUT2D eigenvalue weighted by atomic mass is 79.9. The number of hydrogen-bond donors (Lipinski definition) is 0. The van der Waals surface area contributed by atoms with E-state index in [1.54, 1.807) is 11.3 Å². The molecule has 0 saturated carbocycles. The number of hydrogen-bond acceptors (Lipinski definition) is 4. The lowest BCUT2D eigenvalue weighted by Gasteiger charge is -2.38. The van der Waals surface area contributed by atoms with Gasteiger partial charge in [0.1, 0.15) is 5.41 Å². The van der Waals surface area contributed by atoms with Crippen molar-refractivity contribution in [3.63, 3.8) is 0 Å². The number of carbonyl (C=O) groups excluding carboxylic acids is 1. The number of methoxy groups -OCH3 is 1. The van der Waals surface area contributed by atoms with Gasteiger partial charge in [0, 0.05) is 21.2 Å². The van der Waals surface area contributed by atoms with Gasteiger partial charge >= 0.3 is 5.97 Å². The number of rotatable bonds is 3. The fourth-order valence-corrected chi connectivity index (χ4v) is 3.23. The van der Waals surface area contributed by atoms with Gasteiger partial charge in [-0.05, 0) is 22.0 Å². The van der Waals surface area contributed by atoms with Crippen LogP contribution in [0.2, 0.25) is 0 Å². The number of thiophene rings is 1. The van der Waals surface area contributed by atoms with E-state index in [2.05, 4.69) is 15.9 Å². The van der Waals surface area contributed by atoms with Crippen LogP contribution in [0.3, 0.4) is 0 Å². The summed E-state index contributed by atoms with van der Waals surface area (Å²) in [6.45, 7) is 0.935. The number of ether oxygens (including phenoxy) is 2. The highest BCUT2D eigenvalue weighted by Crippen LogP contribution is 2.35. The van der Waals surface area contributed by atoms with Crippen LogP contribution >= 0.6 is 27.3 Å². The summed E-state index contributed by atoms with van der Waals surface area (Å²) < 4.78 is 11.0. The van der Waals surface area contributed by atoms with E-state index < -0.39 is 5.41 Å². The predicted octanol–water partition coefficient (Wildman–Crippen LogP) is 2.24. The summed E-state index contributed by atoms with van der Waals surface area (Å²) in [5, 5.41) is 2.01. The first-order chi connectivity index (χ1) is 7.16. The van der Waals surface area contributed by atoms with Gasteiger partial charge in [-0.2, -0.15) is 0 Å². The molecule has 1 aromatic heterocycles. The standard InChI is InChI=1S/C10H11BrO3S/c1-13-9(12)10(5-14-6-10)3-8-2-7(11)4-15-8/h2,4H,3,5-6H2,1H3. The summed E-state index contributed by atoms with van der Waals surface area (Å²) in [7, 11) is 1.42. The maximum absolute atomic E-state index is 11.6. The SMILES string of the molecule is COC(=O)C1(Cc2cc(Br)cs2)COC1. The fourth-order valence-electron chi connectivity index (χ4n) is 1.64. The van der Waals surface area contributed by atoms with Crippen molar-refractivity contribution in [2.24, 2.45) is 5.41 Å². The molecule has 1 aromatic rings. The third-order valence-corrected chi connectivity index (χ3v) is 4.21. The molecule has 3 nitrogen and oxygen atoms in total. The van der Waals surface area contributed by atoms with Crippen LogP contribution in [0, 0.1) is 5.41 Å². The number of carbonyl (C=O) groups is 1. The molecule has 0 atom stereocenters.